The molecule has 2 rings (SSSR count). The van der Waals surface area contributed by atoms with E-state index in [9.17, 15) is 9.18 Å². The maximum absolute atomic E-state index is 13.9. The van der Waals surface area contributed by atoms with Crippen molar-refractivity contribution in [3.05, 3.63) is 57.8 Å². The summed E-state index contributed by atoms with van der Waals surface area (Å²) >= 11 is 0. The molecular formula is C13H11FN4O. The third-order valence-electron chi connectivity index (χ3n) is 2.68. The van der Waals surface area contributed by atoms with Gasteiger partial charge in [0.15, 0.2) is 0 Å². The summed E-state index contributed by atoms with van der Waals surface area (Å²) < 4.78 is 15.0. The van der Waals surface area contributed by atoms with E-state index >= 15 is 0 Å². The zero-order valence-corrected chi connectivity index (χ0v) is 10.2. The molecule has 0 atom stereocenters. The van der Waals surface area contributed by atoms with Crippen LogP contribution in [0.5, 0.6) is 0 Å². The first kappa shape index (κ1) is 12.8. The number of nitrogens with zero attached hydrogens (tertiary/aromatic N) is 3. The molecule has 1 heterocycles. The second-order valence-corrected chi connectivity index (χ2v) is 3.88. The van der Waals surface area contributed by atoms with Crippen LogP contribution >= 0.6 is 0 Å². The van der Waals surface area contributed by atoms with Crippen LogP contribution in [-0.2, 0) is 6.54 Å². The molecule has 1 aromatic carbocycles. The van der Waals surface area contributed by atoms with Crippen molar-refractivity contribution < 1.29 is 4.39 Å². The molecule has 96 valence electrons. The molecule has 0 aliphatic heterocycles. The van der Waals surface area contributed by atoms with Crippen LogP contribution in [0.4, 0.5) is 10.1 Å². The average molecular weight is 258 g/mol. The minimum Gasteiger partial charge on any atom is -0.387 e. The van der Waals surface area contributed by atoms with E-state index < -0.39 is 5.82 Å². The summed E-state index contributed by atoms with van der Waals surface area (Å²) in [4.78, 5) is 11.7. The van der Waals surface area contributed by atoms with Crippen LogP contribution in [-0.4, -0.2) is 16.8 Å². The Balaban J connectivity index is 2.37. The SMILES string of the molecule is CNc1cnn(Cc2cccc(C#N)c2F)c(=O)c1. The third kappa shape index (κ3) is 2.60. The van der Waals surface area contributed by atoms with Gasteiger partial charge < -0.3 is 5.32 Å². The van der Waals surface area contributed by atoms with E-state index in [0.29, 0.717) is 5.69 Å². The van der Waals surface area contributed by atoms with Crippen LogP contribution < -0.4 is 10.9 Å². The molecule has 0 spiro atoms. The standard InChI is InChI=1S/C13H11FN4O/c1-16-11-5-12(19)18(17-7-11)8-10-4-2-3-9(6-15)13(10)14/h2-5,7,16H,8H2,1H3. The maximum atomic E-state index is 13.9. The molecular weight excluding hydrogens is 247 g/mol. The number of hydrogen-bond donors (Lipinski definition) is 1. The van der Waals surface area contributed by atoms with Crippen molar-refractivity contribution in [1.82, 2.24) is 9.78 Å². The van der Waals surface area contributed by atoms with Gasteiger partial charge in [0.05, 0.1) is 24.0 Å². The summed E-state index contributed by atoms with van der Waals surface area (Å²) in [5.74, 6) is -0.614. The summed E-state index contributed by atoms with van der Waals surface area (Å²) in [5, 5.41) is 15.5. The zero-order chi connectivity index (χ0) is 13.8. The molecule has 0 radical (unpaired) electrons. The Morgan fingerprint density at radius 2 is 2.32 bits per heavy atom. The van der Waals surface area contributed by atoms with Gasteiger partial charge in [-0.1, -0.05) is 12.1 Å². The lowest BCUT2D eigenvalue weighted by atomic mass is 10.1. The van der Waals surface area contributed by atoms with Gasteiger partial charge in [-0.2, -0.15) is 10.4 Å². The highest BCUT2D eigenvalue weighted by Gasteiger charge is 2.09. The molecule has 0 aliphatic rings. The number of aromatic nitrogens is 2. The molecule has 1 aromatic heterocycles. The lowest BCUT2D eigenvalue weighted by Gasteiger charge is -2.07. The number of hydrogen-bond acceptors (Lipinski definition) is 4. The highest BCUT2D eigenvalue weighted by molar-refractivity contribution is 5.38. The third-order valence-corrected chi connectivity index (χ3v) is 2.68. The monoisotopic (exact) mass is 258 g/mol. The van der Waals surface area contributed by atoms with Gasteiger partial charge in [0, 0.05) is 18.7 Å². The van der Waals surface area contributed by atoms with Gasteiger partial charge in [-0.15, -0.1) is 0 Å². The van der Waals surface area contributed by atoms with Crippen LogP contribution in [0.1, 0.15) is 11.1 Å². The predicted molar refractivity (Wildman–Crippen MR) is 68.3 cm³/mol. The van der Waals surface area contributed by atoms with Crippen molar-refractivity contribution in [3.63, 3.8) is 0 Å². The second-order valence-electron chi connectivity index (χ2n) is 3.88. The quantitative estimate of drug-likeness (QED) is 0.902. The molecule has 0 saturated carbocycles. The summed E-state index contributed by atoms with van der Waals surface area (Å²) in [6.45, 7) is -0.00974. The van der Waals surface area contributed by atoms with E-state index in [1.807, 2.05) is 0 Å². The van der Waals surface area contributed by atoms with Crippen molar-refractivity contribution in [2.75, 3.05) is 12.4 Å². The fourth-order valence-corrected chi connectivity index (χ4v) is 1.64. The highest BCUT2D eigenvalue weighted by Crippen LogP contribution is 2.12. The predicted octanol–water partition coefficient (Wildman–Crippen LogP) is 1.34. The van der Waals surface area contributed by atoms with Gasteiger partial charge in [0.25, 0.3) is 5.56 Å². The van der Waals surface area contributed by atoms with Crippen molar-refractivity contribution in [2.45, 2.75) is 6.54 Å². The minimum absolute atomic E-state index is 0.00974. The fraction of sp³-hybridized carbons (Fsp3) is 0.154. The first-order chi connectivity index (χ1) is 9.15. The lowest BCUT2D eigenvalue weighted by Crippen LogP contribution is -2.23. The lowest BCUT2D eigenvalue weighted by molar-refractivity contribution is 0.570. The van der Waals surface area contributed by atoms with E-state index in [1.54, 1.807) is 19.2 Å². The number of nitriles is 1. The van der Waals surface area contributed by atoms with E-state index in [4.69, 9.17) is 5.26 Å². The fourth-order valence-electron chi connectivity index (χ4n) is 1.64. The van der Waals surface area contributed by atoms with Gasteiger partial charge in [-0.3, -0.25) is 4.79 Å². The van der Waals surface area contributed by atoms with Gasteiger partial charge >= 0.3 is 0 Å². The largest absolute Gasteiger partial charge is 0.387 e. The number of rotatable bonds is 3. The molecule has 0 fully saturated rings. The van der Waals surface area contributed by atoms with E-state index in [1.165, 1.54) is 24.4 Å². The van der Waals surface area contributed by atoms with Crippen LogP contribution in [0.15, 0.2) is 35.3 Å². The van der Waals surface area contributed by atoms with Crippen molar-refractivity contribution in [1.29, 1.82) is 5.26 Å². The average Bonchev–Trinajstić information content (AvgIpc) is 2.43. The maximum Gasteiger partial charge on any atom is 0.269 e. The molecule has 1 N–H and O–H groups in total. The summed E-state index contributed by atoms with van der Waals surface area (Å²) in [7, 11) is 1.68. The first-order valence-electron chi connectivity index (χ1n) is 5.58. The van der Waals surface area contributed by atoms with Crippen LogP contribution in [0.2, 0.25) is 0 Å². The molecule has 0 saturated heterocycles. The van der Waals surface area contributed by atoms with Crippen LogP contribution in [0.3, 0.4) is 0 Å². The Labute approximate surface area is 108 Å². The number of halogens is 1. The number of nitrogens with one attached hydrogen (secondary N) is 1. The molecule has 19 heavy (non-hydrogen) atoms. The minimum atomic E-state index is -0.614. The normalized spacial score (nSPS) is 9.95. The molecule has 0 amide bonds. The van der Waals surface area contributed by atoms with Gasteiger partial charge in [0.1, 0.15) is 11.9 Å². The smallest absolute Gasteiger partial charge is 0.269 e. The molecule has 5 nitrogen and oxygen atoms in total. The van der Waals surface area contributed by atoms with E-state index in [0.717, 1.165) is 4.68 Å². The van der Waals surface area contributed by atoms with Gasteiger partial charge in [0.2, 0.25) is 0 Å². The molecule has 0 unspecified atom stereocenters. The summed E-state index contributed by atoms with van der Waals surface area (Å²) in [5.41, 5.74) is 0.462. The molecule has 6 heteroatoms. The van der Waals surface area contributed by atoms with Crippen molar-refractivity contribution in [3.8, 4) is 6.07 Å². The van der Waals surface area contributed by atoms with Crippen LogP contribution in [0, 0.1) is 17.1 Å². The Bertz CT molecular complexity index is 703. The van der Waals surface area contributed by atoms with Gasteiger partial charge in [-0.05, 0) is 6.07 Å². The Morgan fingerprint density at radius 1 is 1.53 bits per heavy atom. The zero-order valence-electron chi connectivity index (χ0n) is 10.2. The summed E-state index contributed by atoms with van der Waals surface area (Å²) in [6.07, 6.45) is 1.48. The Hall–Kier alpha value is -2.68. The highest BCUT2D eigenvalue weighted by atomic mass is 19.1. The van der Waals surface area contributed by atoms with Crippen molar-refractivity contribution in [2.24, 2.45) is 0 Å². The number of benzene rings is 1. The Kier molecular flexibility index (Phi) is 3.57. The molecule has 0 bridgehead atoms. The van der Waals surface area contributed by atoms with E-state index in [2.05, 4.69) is 10.4 Å². The molecule has 2 aromatic rings. The summed E-state index contributed by atoms with van der Waals surface area (Å²) in [6, 6.07) is 7.62. The topological polar surface area (TPSA) is 70.7 Å². The second kappa shape index (κ2) is 5.31. The van der Waals surface area contributed by atoms with Gasteiger partial charge in [-0.25, -0.2) is 9.07 Å². The molecule has 0 aliphatic carbocycles. The Morgan fingerprint density at radius 3 is 2.95 bits per heavy atom. The number of anilines is 1. The van der Waals surface area contributed by atoms with Crippen molar-refractivity contribution >= 4 is 5.69 Å². The first-order valence-corrected chi connectivity index (χ1v) is 5.58. The van der Waals surface area contributed by atoms with E-state index in [-0.39, 0.29) is 23.2 Å². The van der Waals surface area contributed by atoms with Crippen LogP contribution in [0.25, 0.3) is 0 Å².